The van der Waals surface area contributed by atoms with E-state index in [0.717, 1.165) is 31.2 Å². The number of aliphatic hydroxyl groups excluding tert-OH is 1. The second-order valence-electron chi connectivity index (χ2n) is 10.2. The van der Waals surface area contributed by atoms with Crippen molar-refractivity contribution in [2.75, 3.05) is 40.5 Å². The largest absolute Gasteiger partial charge is 0.497 e. The molecule has 2 aliphatic rings. The number of ether oxygens (including phenoxy) is 3. The van der Waals surface area contributed by atoms with Crippen LogP contribution in [-0.2, 0) is 24.3 Å². The number of methoxy groups -OCH3 is 1. The average Bonchev–Trinajstić information content (AvgIpc) is 3.00. The van der Waals surface area contributed by atoms with Crippen LogP contribution in [0.15, 0.2) is 71.3 Å². The molecule has 0 spiro atoms. The van der Waals surface area contributed by atoms with E-state index in [0.29, 0.717) is 12.2 Å². The summed E-state index contributed by atoms with van der Waals surface area (Å²) in [4.78, 5) is 15.4. The molecule has 0 bridgehead atoms. The van der Waals surface area contributed by atoms with Crippen LogP contribution in [0.1, 0.15) is 50.0 Å². The van der Waals surface area contributed by atoms with Gasteiger partial charge in [-0.15, -0.1) is 0 Å². The summed E-state index contributed by atoms with van der Waals surface area (Å²) in [5.41, 5.74) is 1.05. The molecule has 1 fully saturated rings. The van der Waals surface area contributed by atoms with Gasteiger partial charge in [0.15, 0.2) is 5.76 Å². The Kier molecular flexibility index (Phi) is 10.6. The summed E-state index contributed by atoms with van der Waals surface area (Å²) in [7, 11) is -0.523. The first kappa shape index (κ1) is 30.0. The first-order valence-electron chi connectivity index (χ1n) is 13.9. The molecule has 10 heteroatoms. The summed E-state index contributed by atoms with van der Waals surface area (Å²) in [6, 6.07) is 16.2. The molecule has 2 atom stereocenters. The number of allylic oxidation sites excluding steroid dienone is 1. The lowest BCUT2D eigenvalue weighted by molar-refractivity contribution is -0.153. The first-order valence-corrected chi connectivity index (χ1v) is 15.3. The Morgan fingerprint density at radius 1 is 1.02 bits per heavy atom. The Morgan fingerprint density at radius 3 is 2.38 bits per heavy atom. The highest BCUT2D eigenvalue weighted by Gasteiger charge is 2.33. The van der Waals surface area contributed by atoms with E-state index < -0.39 is 16.3 Å². The average molecular weight is 573 g/mol. The third kappa shape index (κ3) is 7.42. The number of aliphatic hydroxyl groups is 1. The fourth-order valence-corrected chi connectivity index (χ4v) is 6.71. The molecule has 2 aromatic rings. The predicted molar refractivity (Wildman–Crippen MR) is 151 cm³/mol. The number of likely N-dealkylation sites (N-methyl/N-ethyl adjacent to an activating group) is 1. The number of carbonyl (C=O) groups is 1. The summed E-state index contributed by atoms with van der Waals surface area (Å²) >= 11 is 0. The van der Waals surface area contributed by atoms with Gasteiger partial charge in [0.25, 0.3) is 5.91 Å². The Balaban J connectivity index is 1.45. The second kappa shape index (κ2) is 14.1. The molecule has 0 aromatic heterocycles. The fourth-order valence-electron chi connectivity index (χ4n) is 5.30. The van der Waals surface area contributed by atoms with E-state index in [2.05, 4.69) is 0 Å². The lowest BCUT2D eigenvalue weighted by atomic mass is 9.92. The molecule has 4 rings (SSSR count). The molecule has 1 saturated carbocycles. The standard InChI is InChI=1S/C30H40N2O7S/c1-31(25-11-7-4-8-12-25)30(34)28-21-24(23-9-5-3-6-10-23)22-29(39-28)38-20-18-32(17-19-33)40(35,36)27-15-13-26(37-2)14-16-27/h3,5-6,9-10,13-16,21,24-25,29,33H,4,7-8,11-12,17-20,22H2,1-2H3/t24-,29+/m0/s1. The molecule has 1 aliphatic carbocycles. The van der Waals surface area contributed by atoms with Crippen LogP contribution in [-0.4, -0.2) is 81.4 Å². The molecule has 1 amide bonds. The van der Waals surface area contributed by atoms with Gasteiger partial charge in [-0.25, -0.2) is 8.42 Å². The monoisotopic (exact) mass is 572 g/mol. The van der Waals surface area contributed by atoms with E-state index in [1.54, 1.807) is 17.0 Å². The smallest absolute Gasteiger partial charge is 0.288 e. The van der Waals surface area contributed by atoms with Crippen molar-refractivity contribution in [2.45, 2.75) is 61.7 Å². The summed E-state index contributed by atoms with van der Waals surface area (Å²) in [5.74, 6) is 0.558. The van der Waals surface area contributed by atoms with E-state index in [4.69, 9.17) is 14.2 Å². The molecular weight excluding hydrogens is 532 g/mol. The number of amides is 1. The third-order valence-electron chi connectivity index (χ3n) is 7.63. The minimum absolute atomic E-state index is 0.0136. The molecule has 218 valence electrons. The number of sulfonamides is 1. The van der Waals surface area contributed by atoms with Crippen molar-refractivity contribution >= 4 is 15.9 Å². The zero-order valence-corrected chi connectivity index (χ0v) is 24.1. The van der Waals surface area contributed by atoms with Crippen molar-refractivity contribution in [2.24, 2.45) is 0 Å². The molecule has 9 nitrogen and oxygen atoms in total. The molecule has 0 radical (unpaired) electrons. The van der Waals surface area contributed by atoms with Gasteiger partial charge in [0, 0.05) is 38.5 Å². The molecule has 0 saturated heterocycles. The summed E-state index contributed by atoms with van der Waals surface area (Å²) in [5, 5.41) is 9.55. The van der Waals surface area contributed by atoms with Gasteiger partial charge >= 0.3 is 0 Å². The quantitative estimate of drug-likeness (QED) is 0.411. The van der Waals surface area contributed by atoms with E-state index in [9.17, 15) is 18.3 Å². The minimum atomic E-state index is -3.87. The summed E-state index contributed by atoms with van der Waals surface area (Å²) in [6.45, 7) is -0.368. The van der Waals surface area contributed by atoms with Gasteiger partial charge in [-0.2, -0.15) is 4.31 Å². The SMILES string of the molecule is COc1ccc(S(=O)(=O)N(CCO)CCO[C@H]2C[C@@H](c3ccccc3)C=C(C(=O)N(C)C3CCCCC3)O2)cc1. The van der Waals surface area contributed by atoms with Gasteiger partial charge in [0.05, 0.1) is 25.2 Å². The maximum Gasteiger partial charge on any atom is 0.288 e. The van der Waals surface area contributed by atoms with Gasteiger partial charge < -0.3 is 24.2 Å². The van der Waals surface area contributed by atoms with Crippen LogP contribution in [0.4, 0.5) is 0 Å². The van der Waals surface area contributed by atoms with Crippen LogP contribution in [0.5, 0.6) is 5.75 Å². The predicted octanol–water partition coefficient (Wildman–Crippen LogP) is 3.90. The van der Waals surface area contributed by atoms with Crippen LogP contribution in [0, 0.1) is 0 Å². The van der Waals surface area contributed by atoms with E-state index in [-0.39, 0.29) is 54.8 Å². The van der Waals surface area contributed by atoms with Crippen LogP contribution >= 0.6 is 0 Å². The Bertz CT molecular complexity index is 1230. The lowest BCUT2D eigenvalue weighted by Crippen LogP contribution is -2.41. The molecule has 0 unspecified atom stereocenters. The molecule has 2 aromatic carbocycles. The highest BCUT2D eigenvalue weighted by molar-refractivity contribution is 7.89. The number of carbonyl (C=O) groups excluding carboxylic acids is 1. The van der Waals surface area contributed by atoms with Gasteiger partial charge in [0.2, 0.25) is 16.3 Å². The van der Waals surface area contributed by atoms with E-state index in [1.165, 1.54) is 30.0 Å². The maximum atomic E-state index is 13.5. The third-order valence-corrected chi connectivity index (χ3v) is 9.54. The van der Waals surface area contributed by atoms with Gasteiger partial charge in [-0.05, 0) is 48.7 Å². The lowest BCUT2D eigenvalue weighted by Gasteiger charge is -2.35. The van der Waals surface area contributed by atoms with Crippen LogP contribution in [0.3, 0.4) is 0 Å². The topological polar surface area (TPSA) is 106 Å². The Morgan fingerprint density at radius 2 is 1.73 bits per heavy atom. The molecule has 40 heavy (non-hydrogen) atoms. The van der Waals surface area contributed by atoms with Crippen molar-refractivity contribution in [1.29, 1.82) is 0 Å². The first-order chi connectivity index (χ1) is 19.3. The Labute approximate surface area is 237 Å². The highest BCUT2D eigenvalue weighted by Crippen LogP contribution is 2.33. The second-order valence-corrected chi connectivity index (χ2v) is 12.2. The Hall–Kier alpha value is -2.92. The highest BCUT2D eigenvalue weighted by atomic mass is 32.2. The zero-order chi connectivity index (χ0) is 28.5. The number of hydrogen-bond donors (Lipinski definition) is 1. The number of hydrogen-bond acceptors (Lipinski definition) is 7. The van der Waals surface area contributed by atoms with Gasteiger partial charge in [-0.1, -0.05) is 49.6 Å². The number of nitrogens with zero attached hydrogens (tertiary/aromatic N) is 2. The van der Waals surface area contributed by atoms with Crippen LogP contribution in [0.25, 0.3) is 0 Å². The molecular formula is C30H40N2O7S. The molecule has 1 aliphatic heterocycles. The van der Waals surface area contributed by atoms with Crippen LogP contribution in [0.2, 0.25) is 0 Å². The van der Waals surface area contributed by atoms with Crippen LogP contribution < -0.4 is 4.74 Å². The van der Waals surface area contributed by atoms with Crippen molar-refractivity contribution < 1.29 is 32.5 Å². The van der Waals surface area contributed by atoms with Gasteiger partial charge in [0.1, 0.15) is 5.75 Å². The van der Waals surface area contributed by atoms with Gasteiger partial charge in [-0.3, -0.25) is 4.79 Å². The summed E-state index contributed by atoms with van der Waals surface area (Å²) < 4.78 is 44.9. The zero-order valence-electron chi connectivity index (χ0n) is 23.3. The number of rotatable bonds is 12. The molecule has 1 heterocycles. The number of benzene rings is 2. The van der Waals surface area contributed by atoms with E-state index in [1.807, 2.05) is 43.5 Å². The van der Waals surface area contributed by atoms with Crippen molar-refractivity contribution in [3.05, 3.63) is 72.0 Å². The van der Waals surface area contributed by atoms with Crippen molar-refractivity contribution in [3.63, 3.8) is 0 Å². The molecule has 1 N–H and O–H groups in total. The fraction of sp³-hybridized carbons (Fsp3) is 0.500. The van der Waals surface area contributed by atoms with Crippen molar-refractivity contribution in [3.8, 4) is 5.75 Å². The minimum Gasteiger partial charge on any atom is -0.497 e. The van der Waals surface area contributed by atoms with E-state index >= 15 is 0 Å². The summed E-state index contributed by atoms with van der Waals surface area (Å²) in [6.07, 6.45) is 7.04. The van der Waals surface area contributed by atoms with Crippen molar-refractivity contribution in [1.82, 2.24) is 9.21 Å². The maximum absolute atomic E-state index is 13.5. The normalized spacial score (nSPS) is 20.1.